The van der Waals surface area contributed by atoms with E-state index < -0.39 is 11.9 Å². The van der Waals surface area contributed by atoms with Crippen molar-refractivity contribution in [3.8, 4) is 0 Å². The number of rotatable bonds is 6. The lowest BCUT2D eigenvalue weighted by Crippen LogP contribution is -2.32. The number of likely N-dealkylation sites (tertiary alicyclic amines) is 1. The monoisotopic (exact) mass is 436 g/mol. The first-order valence-electron chi connectivity index (χ1n) is 10.7. The molecule has 0 aliphatic carbocycles. The summed E-state index contributed by atoms with van der Waals surface area (Å²) < 4.78 is 5.51. The molecule has 2 aromatic carbocycles. The number of hydrogen-bond acceptors (Lipinski definition) is 5. The van der Waals surface area contributed by atoms with Crippen LogP contribution < -0.4 is 0 Å². The molecule has 7 nitrogen and oxygen atoms in total. The van der Waals surface area contributed by atoms with E-state index in [0.717, 1.165) is 37.3 Å². The second kappa shape index (κ2) is 11.2. The lowest BCUT2D eigenvalue weighted by molar-refractivity contribution is -0.134. The van der Waals surface area contributed by atoms with Crippen molar-refractivity contribution >= 4 is 22.9 Å². The van der Waals surface area contributed by atoms with Gasteiger partial charge in [0.2, 0.25) is 0 Å². The van der Waals surface area contributed by atoms with E-state index in [1.54, 1.807) is 0 Å². The molecular weight excluding hydrogens is 408 g/mol. The smallest absolute Gasteiger partial charge is 0.328 e. The van der Waals surface area contributed by atoms with E-state index in [9.17, 15) is 9.59 Å². The Kier molecular flexibility index (Phi) is 8.16. The molecule has 3 aromatic rings. The maximum Gasteiger partial charge on any atom is 0.328 e. The molecule has 1 fully saturated rings. The average molecular weight is 437 g/mol. The van der Waals surface area contributed by atoms with Crippen LogP contribution in [0, 0.1) is 0 Å². The maximum absolute atomic E-state index is 9.55. The van der Waals surface area contributed by atoms with Gasteiger partial charge >= 0.3 is 11.9 Å². The highest BCUT2D eigenvalue weighted by Gasteiger charge is 2.24. The summed E-state index contributed by atoms with van der Waals surface area (Å²) in [5.74, 6) is -1.90. The minimum atomic E-state index is -1.26. The average Bonchev–Trinajstić information content (AvgIpc) is 3.23. The molecule has 168 valence electrons. The summed E-state index contributed by atoms with van der Waals surface area (Å²) >= 11 is 0. The molecule has 0 saturated carbocycles. The van der Waals surface area contributed by atoms with Crippen LogP contribution in [0.4, 0.5) is 0 Å². The van der Waals surface area contributed by atoms with Gasteiger partial charge in [-0.25, -0.2) is 9.59 Å². The Morgan fingerprint density at radius 1 is 1.03 bits per heavy atom. The van der Waals surface area contributed by atoms with Crippen molar-refractivity contribution in [1.82, 2.24) is 10.1 Å². The fourth-order valence-corrected chi connectivity index (χ4v) is 4.05. The highest BCUT2D eigenvalue weighted by molar-refractivity contribution is 5.89. The number of fused-ring (bicyclic) bond motifs is 1. The highest BCUT2D eigenvalue weighted by atomic mass is 16.5. The number of carbonyl (C=O) groups is 2. The Labute approximate surface area is 186 Å². The third kappa shape index (κ3) is 6.28. The molecule has 1 saturated heterocycles. The summed E-state index contributed by atoms with van der Waals surface area (Å²) in [6, 6.07) is 17.2. The van der Waals surface area contributed by atoms with Crippen LogP contribution >= 0.6 is 0 Å². The highest BCUT2D eigenvalue weighted by Crippen LogP contribution is 2.35. The zero-order chi connectivity index (χ0) is 22.9. The third-order valence-corrected chi connectivity index (χ3v) is 5.58. The fraction of sp³-hybridized carbons (Fsp3) is 0.320. The van der Waals surface area contributed by atoms with Gasteiger partial charge in [0.15, 0.2) is 5.58 Å². The van der Waals surface area contributed by atoms with Gasteiger partial charge in [-0.05, 0) is 55.5 Å². The zero-order valence-electron chi connectivity index (χ0n) is 18.1. The number of aliphatic carboxylic acids is 2. The third-order valence-electron chi connectivity index (χ3n) is 5.58. The SMILES string of the molecule is CCc1noc2cccc(C3CCN(Cc4ccccc4)CC3)c12.O=C(O)/C=C\C(=O)O. The Morgan fingerprint density at radius 3 is 2.28 bits per heavy atom. The summed E-state index contributed by atoms with van der Waals surface area (Å²) in [5, 5.41) is 21.1. The molecular formula is C25H28N2O5. The first kappa shape index (κ1) is 23.2. The molecule has 0 unspecified atom stereocenters. The van der Waals surface area contributed by atoms with Gasteiger partial charge in [0.05, 0.1) is 5.69 Å². The van der Waals surface area contributed by atoms with Crippen molar-refractivity contribution in [2.75, 3.05) is 13.1 Å². The molecule has 4 rings (SSSR count). The molecule has 32 heavy (non-hydrogen) atoms. The van der Waals surface area contributed by atoms with Crippen LogP contribution in [0.2, 0.25) is 0 Å². The first-order valence-corrected chi connectivity index (χ1v) is 10.7. The standard InChI is InChI=1S/C21H24N2O.C4H4O4/c1-2-19-21-18(9-6-10-20(21)24-22-19)17-11-13-23(14-12-17)15-16-7-4-3-5-8-16;5-3(6)1-2-4(7)8/h3-10,17H,2,11-15H2,1H3;1-2H,(H,5,6)(H,7,8)/b;2-1-. The zero-order valence-corrected chi connectivity index (χ0v) is 18.1. The van der Waals surface area contributed by atoms with Gasteiger partial charge in [0.1, 0.15) is 0 Å². The number of aryl methyl sites for hydroxylation is 1. The van der Waals surface area contributed by atoms with E-state index in [4.69, 9.17) is 14.7 Å². The van der Waals surface area contributed by atoms with Gasteiger partial charge in [-0.3, -0.25) is 4.90 Å². The van der Waals surface area contributed by atoms with Crippen molar-refractivity contribution in [2.45, 2.75) is 38.6 Å². The van der Waals surface area contributed by atoms with E-state index in [0.29, 0.717) is 18.1 Å². The minimum Gasteiger partial charge on any atom is -0.478 e. The second-order valence-corrected chi connectivity index (χ2v) is 7.75. The molecule has 2 N–H and O–H groups in total. The molecule has 7 heteroatoms. The van der Waals surface area contributed by atoms with Crippen molar-refractivity contribution < 1.29 is 24.3 Å². The summed E-state index contributed by atoms with van der Waals surface area (Å²) in [5.41, 5.74) is 4.89. The topological polar surface area (TPSA) is 104 Å². The number of benzene rings is 2. The molecule has 1 aliphatic heterocycles. The molecule has 0 amide bonds. The van der Waals surface area contributed by atoms with E-state index in [2.05, 4.69) is 59.4 Å². The van der Waals surface area contributed by atoms with Crippen LogP contribution in [0.5, 0.6) is 0 Å². The molecule has 0 spiro atoms. The molecule has 1 aliphatic rings. The molecule has 0 atom stereocenters. The predicted octanol–water partition coefficient (Wildman–Crippen LogP) is 4.48. The van der Waals surface area contributed by atoms with Gasteiger partial charge in [0.25, 0.3) is 0 Å². The summed E-state index contributed by atoms with van der Waals surface area (Å²) in [6.07, 6.45) is 4.46. The summed E-state index contributed by atoms with van der Waals surface area (Å²) in [6.45, 7) is 5.52. The lowest BCUT2D eigenvalue weighted by Gasteiger charge is -2.32. The number of piperidine rings is 1. The minimum absolute atomic E-state index is 0.558. The van der Waals surface area contributed by atoms with Crippen LogP contribution in [0.3, 0.4) is 0 Å². The number of carboxylic acid groups (broad SMARTS) is 2. The second-order valence-electron chi connectivity index (χ2n) is 7.75. The number of carboxylic acids is 2. The van der Waals surface area contributed by atoms with E-state index in [-0.39, 0.29) is 0 Å². The van der Waals surface area contributed by atoms with Gasteiger partial charge in [0, 0.05) is 24.1 Å². The van der Waals surface area contributed by atoms with Gasteiger partial charge < -0.3 is 14.7 Å². The van der Waals surface area contributed by atoms with E-state index in [1.165, 1.54) is 29.4 Å². The maximum atomic E-state index is 9.55. The van der Waals surface area contributed by atoms with Gasteiger partial charge in [-0.15, -0.1) is 0 Å². The van der Waals surface area contributed by atoms with Crippen molar-refractivity contribution in [3.63, 3.8) is 0 Å². The molecule has 1 aromatic heterocycles. The molecule has 0 bridgehead atoms. The van der Waals surface area contributed by atoms with Crippen LogP contribution in [-0.4, -0.2) is 45.3 Å². The van der Waals surface area contributed by atoms with Crippen LogP contribution in [-0.2, 0) is 22.6 Å². The number of nitrogens with zero attached hydrogens (tertiary/aromatic N) is 2. The van der Waals surface area contributed by atoms with Crippen LogP contribution in [0.1, 0.15) is 42.5 Å². The van der Waals surface area contributed by atoms with Gasteiger partial charge in [-0.2, -0.15) is 0 Å². The Morgan fingerprint density at radius 2 is 1.69 bits per heavy atom. The van der Waals surface area contributed by atoms with E-state index in [1.807, 2.05) is 6.07 Å². The first-order chi connectivity index (χ1) is 15.5. The van der Waals surface area contributed by atoms with Crippen LogP contribution in [0.15, 0.2) is 65.2 Å². The number of hydrogen-bond donors (Lipinski definition) is 2. The van der Waals surface area contributed by atoms with Crippen molar-refractivity contribution in [1.29, 1.82) is 0 Å². The quantitative estimate of drug-likeness (QED) is 0.549. The van der Waals surface area contributed by atoms with Gasteiger partial charge in [-0.1, -0.05) is 54.5 Å². The normalized spacial score (nSPS) is 14.9. The lowest BCUT2D eigenvalue weighted by atomic mass is 9.86. The Bertz CT molecular complexity index is 1050. The molecule has 0 radical (unpaired) electrons. The Hall–Kier alpha value is -3.45. The Balaban J connectivity index is 0.000000312. The number of aromatic nitrogens is 1. The fourth-order valence-electron chi connectivity index (χ4n) is 4.05. The largest absolute Gasteiger partial charge is 0.478 e. The predicted molar refractivity (Wildman–Crippen MR) is 121 cm³/mol. The summed E-state index contributed by atoms with van der Waals surface area (Å²) in [4.78, 5) is 21.7. The molecule has 2 heterocycles. The van der Waals surface area contributed by atoms with Crippen molar-refractivity contribution in [3.05, 3.63) is 77.5 Å². The van der Waals surface area contributed by atoms with E-state index >= 15 is 0 Å². The summed E-state index contributed by atoms with van der Waals surface area (Å²) in [7, 11) is 0. The van der Waals surface area contributed by atoms with Crippen LogP contribution in [0.25, 0.3) is 11.0 Å². The van der Waals surface area contributed by atoms with Crippen molar-refractivity contribution in [2.24, 2.45) is 0 Å².